The van der Waals surface area contributed by atoms with Crippen LogP contribution >= 0.6 is 0 Å². The first-order valence-corrected chi connectivity index (χ1v) is 9.75. The highest BCUT2D eigenvalue weighted by molar-refractivity contribution is 5.85. The number of carbonyl (C=O) groups excluding carboxylic acids is 2. The van der Waals surface area contributed by atoms with Gasteiger partial charge in [0, 0.05) is 5.41 Å². The summed E-state index contributed by atoms with van der Waals surface area (Å²) in [5.41, 5.74) is 6.47. The van der Waals surface area contributed by atoms with Gasteiger partial charge in [0.25, 0.3) is 5.91 Å². The molecule has 0 fully saturated rings. The lowest BCUT2D eigenvalue weighted by Gasteiger charge is -2.23. The van der Waals surface area contributed by atoms with Crippen molar-refractivity contribution in [1.82, 2.24) is 10.9 Å². The largest absolute Gasteiger partial charge is 0.493 e. The number of para-hydroxylation sites is 1. The van der Waals surface area contributed by atoms with Crippen LogP contribution in [0, 0.1) is 19.3 Å². The lowest BCUT2D eigenvalue weighted by atomic mass is 9.87. The van der Waals surface area contributed by atoms with Gasteiger partial charge in [-0.15, -0.1) is 0 Å². The third-order valence-electron chi connectivity index (χ3n) is 4.59. The van der Waals surface area contributed by atoms with Crippen LogP contribution in [0.1, 0.15) is 37.8 Å². The summed E-state index contributed by atoms with van der Waals surface area (Å²) >= 11 is 0. The molecule has 6 heteroatoms. The summed E-state index contributed by atoms with van der Waals surface area (Å²) in [5.74, 6) is 0.796. The van der Waals surface area contributed by atoms with Crippen LogP contribution in [-0.2, 0) is 9.59 Å². The minimum absolute atomic E-state index is 0.172. The molecule has 0 radical (unpaired) electrons. The summed E-state index contributed by atoms with van der Waals surface area (Å²) in [7, 11) is 0. The second-order valence-corrected chi connectivity index (χ2v) is 7.71. The van der Waals surface area contributed by atoms with E-state index < -0.39 is 11.3 Å². The number of benzene rings is 2. The molecule has 2 amide bonds. The van der Waals surface area contributed by atoms with Gasteiger partial charge in [-0.1, -0.05) is 44.2 Å². The van der Waals surface area contributed by atoms with E-state index in [2.05, 4.69) is 16.9 Å². The van der Waals surface area contributed by atoms with Gasteiger partial charge in [-0.3, -0.25) is 20.4 Å². The number of rotatable bonds is 9. The first-order chi connectivity index (χ1) is 13.8. The fraction of sp³-hybridized carbons (Fsp3) is 0.391. The SMILES string of the molecule is Cc1ccc(C)c(OCCCC(C)(C)C(=O)NNC(=O)COc2ccccc2)c1. The third-order valence-corrected chi connectivity index (χ3v) is 4.59. The Morgan fingerprint density at radius 3 is 2.41 bits per heavy atom. The molecule has 0 atom stereocenters. The zero-order valence-electron chi connectivity index (χ0n) is 17.6. The Bertz CT molecular complexity index is 819. The Morgan fingerprint density at radius 2 is 1.69 bits per heavy atom. The van der Waals surface area contributed by atoms with Gasteiger partial charge in [0.2, 0.25) is 5.91 Å². The van der Waals surface area contributed by atoms with Gasteiger partial charge >= 0.3 is 0 Å². The monoisotopic (exact) mass is 398 g/mol. The highest BCUT2D eigenvalue weighted by Gasteiger charge is 2.27. The van der Waals surface area contributed by atoms with Crippen molar-refractivity contribution in [1.29, 1.82) is 0 Å². The van der Waals surface area contributed by atoms with Gasteiger partial charge in [-0.2, -0.15) is 0 Å². The smallest absolute Gasteiger partial charge is 0.276 e. The van der Waals surface area contributed by atoms with Crippen LogP contribution in [0.5, 0.6) is 11.5 Å². The predicted octanol–water partition coefficient (Wildman–Crippen LogP) is 3.72. The highest BCUT2D eigenvalue weighted by Crippen LogP contribution is 2.24. The molecule has 0 spiro atoms. The molecule has 0 aliphatic heterocycles. The van der Waals surface area contributed by atoms with E-state index in [0.29, 0.717) is 18.8 Å². The Morgan fingerprint density at radius 1 is 0.966 bits per heavy atom. The number of carbonyl (C=O) groups is 2. The number of aryl methyl sites for hydroxylation is 2. The number of amides is 2. The predicted molar refractivity (Wildman–Crippen MR) is 113 cm³/mol. The molecular weight excluding hydrogens is 368 g/mol. The van der Waals surface area contributed by atoms with Crippen LogP contribution in [-0.4, -0.2) is 25.0 Å². The summed E-state index contributed by atoms with van der Waals surface area (Å²) in [5, 5.41) is 0. The number of ether oxygens (including phenoxy) is 2. The summed E-state index contributed by atoms with van der Waals surface area (Å²) in [6.45, 7) is 8.07. The molecule has 0 saturated heterocycles. The van der Waals surface area contributed by atoms with Crippen molar-refractivity contribution in [3.05, 3.63) is 59.7 Å². The van der Waals surface area contributed by atoms with Crippen LogP contribution in [0.3, 0.4) is 0 Å². The van der Waals surface area contributed by atoms with E-state index in [0.717, 1.165) is 23.3 Å². The van der Waals surface area contributed by atoms with Gasteiger partial charge in [0.05, 0.1) is 6.61 Å². The van der Waals surface area contributed by atoms with Crippen molar-refractivity contribution in [3.63, 3.8) is 0 Å². The van der Waals surface area contributed by atoms with Crippen molar-refractivity contribution >= 4 is 11.8 Å². The molecule has 2 aromatic rings. The van der Waals surface area contributed by atoms with Gasteiger partial charge in [0.1, 0.15) is 11.5 Å². The molecule has 0 bridgehead atoms. The molecule has 0 aliphatic rings. The Labute approximate surface area is 172 Å². The van der Waals surface area contributed by atoms with Crippen LogP contribution in [0.25, 0.3) is 0 Å². The van der Waals surface area contributed by atoms with E-state index in [1.807, 2.05) is 58.0 Å². The second kappa shape index (κ2) is 10.5. The number of hydrogen-bond acceptors (Lipinski definition) is 4. The summed E-state index contributed by atoms with van der Waals surface area (Å²) in [4.78, 5) is 24.3. The van der Waals surface area contributed by atoms with E-state index in [1.54, 1.807) is 12.1 Å². The van der Waals surface area contributed by atoms with Crippen LogP contribution in [0.4, 0.5) is 0 Å². The number of nitrogens with one attached hydrogen (secondary N) is 2. The highest BCUT2D eigenvalue weighted by atomic mass is 16.5. The molecule has 0 saturated carbocycles. The number of hydrogen-bond donors (Lipinski definition) is 2. The molecule has 0 heterocycles. The normalized spacial score (nSPS) is 10.9. The first kappa shape index (κ1) is 22.3. The van der Waals surface area contributed by atoms with Crippen LogP contribution < -0.4 is 20.3 Å². The summed E-state index contributed by atoms with van der Waals surface area (Å²) in [6.07, 6.45) is 1.35. The molecule has 0 aromatic heterocycles. The molecule has 2 rings (SSSR count). The summed E-state index contributed by atoms with van der Waals surface area (Å²) in [6, 6.07) is 15.1. The van der Waals surface area contributed by atoms with E-state index in [4.69, 9.17) is 9.47 Å². The standard InChI is InChI=1S/C23H30N2O4/c1-17-11-12-18(2)20(15-17)28-14-8-13-23(3,4)22(27)25-24-21(26)16-29-19-9-6-5-7-10-19/h5-7,9-12,15H,8,13-14,16H2,1-4H3,(H,24,26)(H,25,27). The molecule has 0 aliphatic carbocycles. The average Bonchev–Trinajstić information content (AvgIpc) is 2.71. The average molecular weight is 399 g/mol. The first-order valence-electron chi connectivity index (χ1n) is 9.75. The van der Waals surface area contributed by atoms with Crippen molar-refractivity contribution in [3.8, 4) is 11.5 Å². The minimum atomic E-state index is -0.640. The Hall–Kier alpha value is -3.02. The third kappa shape index (κ3) is 7.49. The molecule has 156 valence electrons. The molecule has 29 heavy (non-hydrogen) atoms. The minimum Gasteiger partial charge on any atom is -0.493 e. The van der Waals surface area contributed by atoms with Crippen molar-refractivity contribution < 1.29 is 19.1 Å². The van der Waals surface area contributed by atoms with E-state index in [-0.39, 0.29) is 12.5 Å². The van der Waals surface area contributed by atoms with E-state index in [1.165, 1.54) is 0 Å². The molecule has 0 unspecified atom stereocenters. The van der Waals surface area contributed by atoms with Crippen molar-refractivity contribution in [2.45, 2.75) is 40.5 Å². The van der Waals surface area contributed by atoms with Crippen LogP contribution in [0.15, 0.2) is 48.5 Å². The lowest BCUT2D eigenvalue weighted by molar-refractivity contribution is -0.135. The Kier molecular flexibility index (Phi) is 8.07. The van der Waals surface area contributed by atoms with Gasteiger partial charge in [-0.25, -0.2) is 0 Å². The van der Waals surface area contributed by atoms with Gasteiger partial charge in [-0.05, 0) is 56.0 Å². The van der Waals surface area contributed by atoms with Crippen molar-refractivity contribution in [2.75, 3.05) is 13.2 Å². The fourth-order valence-corrected chi connectivity index (χ4v) is 2.67. The number of hydrazine groups is 1. The maximum absolute atomic E-state index is 12.4. The quantitative estimate of drug-likeness (QED) is 0.499. The molecule has 2 N–H and O–H groups in total. The van der Waals surface area contributed by atoms with E-state index in [9.17, 15) is 9.59 Å². The zero-order valence-corrected chi connectivity index (χ0v) is 17.6. The topological polar surface area (TPSA) is 76.7 Å². The fourth-order valence-electron chi connectivity index (χ4n) is 2.67. The van der Waals surface area contributed by atoms with E-state index >= 15 is 0 Å². The van der Waals surface area contributed by atoms with Gasteiger partial charge < -0.3 is 9.47 Å². The van der Waals surface area contributed by atoms with Gasteiger partial charge in [0.15, 0.2) is 6.61 Å². The van der Waals surface area contributed by atoms with Crippen molar-refractivity contribution in [2.24, 2.45) is 5.41 Å². The zero-order chi connectivity index (χ0) is 21.3. The lowest BCUT2D eigenvalue weighted by Crippen LogP contribution is -2.48. The molecule has 2 aromatic carbocycles. The maximum Gasteiger partial charge on any atom is 0.276 e. The van der Waals surface area contributed by atoms with Crippen LogP contribution in [0.2, 0.25) is 0 Å². The second-order valence-electron chi connectivity index (χ2n) is 7.71. The molecule has 6 nitrogen and oxygen atoms in total. The molecular formula is C23H30N2O4. The summed E-state index contributed by atoms with van der Waals surface area (Å²) < 4.78 is 11.2. The maximum atomic E-state index is 12.4. The Balaban J connectivity index is 1.69.